The number of nitrogens with zero attached hydrogens (tertiary/aromatic N) is 1. The van der Waals surface area contributed by atoms with Crippen LogP contribution in [0.1, 0.15) is 5.56 Å². The van der Waals surface area contributed by atoms with E-state index in [2.05, 4.69) is 35.6 Å². The maximum atomic E-state index is 10.7. The van der Waals surface area contributed by atoms with E-state index in [4.69, 9.17) is 12.2 Å². The van der Waals surface area contributed by atoms with Gasteiger partial charge in [0.15, 0.2) is 5.11 Å². The minimum atomic E-state index is -0.425. The molecule has 2 aliphatic carbocycles. The number of hydrogen-bond donors (Lipinski definition) is 2. The third-order valence-corrected chi connectivity index (χ3v) is 4.79. The minimum Gasteiger partial charge on any atom is -0.359 e. The number of benzene rings is 2. The molecular formula is C25H23FeN3O2S+2. The van der Waals surface area contributed by atoms with Gasteiger partial charge in [0.25, 0.3) is 5.69 Å². The summed E-state index contributed by atoms with van der Waals surface area (Å²) in [7, 11) is 0. The van der Waals surface area contributed by atoms with Gasteiger partial charge < -0.3 is 10.6 Å². The molecule has 2 saturated carbocycles. The molecule has 0 heterocycles. The van der Waals surface area contributed by atoms with Crippen molar-refractivity contribution in [3.63, 3.8) is 0 Å². The van der Waals surface area contributed by atoms with Crippen molar-refractivity contribution in [2.24, 2.45) is 0 Å². The molecule has 0 saturated heterocycles. The maximum absolute atomic E-state index is 10.7. The summed E-state index contributed by atoms with van der Waals surface area (Å²) >= 11 is 5.43. The van der Waals surface area contributed by atoms with Crippen LogP contribution < -0.4 is 10.6 Å². The maximum Gasteiger partial charge on any atom is 2.00 e. The Kier molecular flexibility index (Phi) is 11.7. The van der Waals surface area contributed by atoms with Crippen molar-refractivity contribution in [3.8, 4) is 0 Å². The van der Waals surface area contributed by atoms with Crippen LogP contribution in [0.25, 0.3) is 0 Å². The number of nitro benzene ring substituents is 1. The second-order valence-electron chi connectivity index (χ2n) is 6.83. The van der Waals surface area contributed by atoms with E-state index in [-0.39, 0.29) is 28.8 Å². The van der Waals surface area contributed by atoms with Crippen molar-refractivity contribution in [3.05, 3.63) is 134 Å². The number of nitro groups is 1. The molecule has 162 valence electrons. The fraction of sp³-hybridized carbons (Fsp3) is 0.0800. The third-order valence-electron chi connectivity index (χ3n) is 4.57. The first kappa shape index (κ1) is 26.3. The Bertz CT molecular complexity index is 815. The van der Waals surface area contributed by atoms with E-state index in [1.807, 2.05) is 63.1 Å². The van der Waals surface area contributed by atoms with Gasteiger partial charge in [0.1, 0.15) is 0 Å². The normalized spacial score (nSPS) is 16.2. The molecule has 2 fully saturated rings. The molecule has 5 nitrogen and oxygen atoms in total. The fourth-order valence-electron chi connectivity index (χ4n) is 3.04. The van der Waals surface area contributed by atoms with Crippen molar-refractivity contribution in [2.45, 2.75) is 12.5 Å². The van der Waals surface area contributed by atoms with E-state index in [0.29, 0.717) is 10.8 Å². The second kappa shape index (κ2) is 14.2. The Morgan fingerprint density at radius 1 is 0.875 bits per heavy atom. The standard InChI is InChI=1S/C20H18N3O2S.C5H5.Fe/c24-23(25)18-12-10-17(11-13-18)21-20(26)22-19(16-8-4-5-9-16)14-15-6-2-1-3-7-15;1-2-4-5-3-1;/h1-13,19H,14H2,(H2,21,22,26);1-5H;/q;;+2/t19-;;/m1../s1. The van der Waals surface area contributed by atoms with Gasteiger partial charge in [0.2, 0.25) is 0 Å². The molecule has 1 atom stereocenters. The van der Waals surface area contributed by atoms with Crippen molar-refractivity contribution < 1.29 is 22.0 Å². The Balaban J connectivity index is 0.000000534. The quantitative estimate of drug-likeness (QED) is 0.263. The van der Waals surface area contributed by atoms with E-state index in [1.165, 1.54) is 17.7 Å². The van der Waals surface area contributed by atoms with Crippen LogP contribution in [0.5, 0.6) is 0 Å². The zero-order valence-electron chi connectivity index (χ0n) is 17.2. The fourth-order valence-corrected chi connectivity index (χ4v) is 3.30. The summed E-state index contributed by atoms with van der Waals surface area (Å²) < 4.78 is 0. The second-order valence-corrected chi connectivity index (χ2v) is 7.23. The summed E-state index contributed by atoms with van der Waals surface area (Å²) in [5.74, 6) is 1.15. The first-order valence-electron chi connectivity index (χ1n) is 9.86. The van der Waals surface area contributed by atoms with Crippen LogP contribution in [0.3, 0.4) is 0 Å². The number of anilines is 1. The molecular weight excluding hydrogens is 462 g/mol. The van der Waals surface area contributed by atoms with Crippen LogP contribution in [-0.4, -0.2) is 16.1 Å². The van der Waals surface area contributed by atoms with E-state index in [0.717, 1.165) is 12.3 Å². The summed E-state index contributed by atoms with van der Waals surface area (Å²) in [4.78, 5) is 10.3. The molecule has 32 heavy (non-hydrogen) atoms. The van der Waals surface area contributed by atoms with Gasteiger partial charge in [-0.2, -0.15) is 0 Å². The number of rotatable bonds is 6. The van der Waals surface area contributed by atoms with Crippen LogP contribution in [0.4, 0.5) is 11.4 Å². The number of nitrogens with one attached hydrogen (secondary N) is 2. The topological polar surface area (TPSA) is 67.2 Å². The Hall–Kier alpha value is -1.95. The van der Waals surface area contributed by atoms with E-state index >= 15 is 0 Å². The van der Waals surface area contributed by atoms with Gasteiger partial charge in [-0.25, -0.2) is 0 Å². The van der Waals surface area contributed by atoms with Gasteiger partial charge in [-0.15, -0.1) is 0 Å². The van der Waals surface area contributed by atoms with Gasteiger partial charge in [-0.3, -0.25) is 10.1 Å². The monoisotopic (exact) mass is 485 g/mol. The SMILES string of the molecule is O=[N+]([O-])c1ccc(NC(=S)N[C@H](Cc2ccccc2)[C]2[CH][CH][CH][CH]2)cc1.[CH]1[CH][CH][CH][CH]1.[Fe+2]. The first-order chi connectivity index (χ1) is 15.1. The summed E-state index contributed by atoms with van der Waals surface area (Å²) in [6, 6.07) is 16.4. The summed E-state index contributed by atoms with van der Waals surface area (Å²) in [5, 5.41) is 17.6. The number of hydrogen-bond acceptors (Lipinski definition) is 3. The van der Waals surface area contributed by atoms with E-state index in [1.54, 1.807) is 12.1 Å². The molecule has 0 amide bonds. The van der Waals surface area contributed by atoms with Crippen LogP contribution in [-0.2, 0) is 23.5 Å². The van der Waals surface area contributed by atoms with Gasteiger partial charge in [-0.1, -0.05) is 30.3 Å². The molecule has 0 aliphatic heterocycles. The Morgan fingerprint density at radius 3 is 1.97 bits per heavy atom. The van der Waals surface area contributed by atoms with Gasteiger partial charge in [0, 0.05) is 29.8 Å². The minimum absolute atomic E-state index is 0. The summed E-state index contributed by atoms with van der Waals surface area (Å²) in [6.45, 7) is 0. The molecule has 2 aromatic rings. The number of non-ortho nitro benzene ring substituents is 1. The molecule has 2 aromatic carbocycles. The van der Waals surface area contributed by atoms with Crippen molar-refractivity contribution in [1.82, 2.24) is 5.32 Å². The van der Waals surface area contributed by atoms with Crippen LogP contribution in [0.15, 0.2) is 54.6 Å². The Labute approximate surface area is 207 Å². The van der Waals surface area contributed by atoms with Gasteiger partial charge in [-0.05, 0) is 94.1 Å². The average Bonchev–Trinajstić information content (AvgIpc) is 3.51. The van der Waals surface area contributed by atoms with Crippen LogP contribution in [0, 0.1) is 73.8 Å². The van der Waals surface area contributed by atoms with Crippen molar-refractivity contribution in [1.29, 1.82) is 0 Å². The molecule has 2 N–H and O–H groups in total. The Morgan fingerprint density at radius 2 is 1.44 bits per heavy atom. The molecule has 2 aliphatic rings. The molecule has 10 radical (unpaired) electrons. The molecule has 0 unspecified atom stereocenters. The molecule has 0 bridgehead atoms. The first-order valence-corrected chi connectivity index (χ1v) is 10.3. The smallest absolute Gasteiger partial charge is 0.359 e. The average molecular weight is 485 g/mol. The van der Waals surface area contributed by atoms with Gasteiger partial charge >= 0.3 is 17.1 Å². The van der Waals surface area contributed by atoms with Crippen molar-refractivity contribution >= 4 is 28.7 Å². The van der Waals surface area contributed by atoms with E-state index in [9.17, 15) is 10.1 Å². The summed E-state index contributed by atoms with van der Waals surface area (Å²) in [5.41, 5.74) is 1.96. The van der Waals surface area contributed by atoms with Crippen LogP contribution >= 0.6 is 12.2 Å². The zero-order valence-corrected chi connectivity index (χ0v) is 19.1. The number of thiocarbonyl (C=S) groups is 1. The largest absolute Gasteiger partial charge is 2.00 e. The molecule has 0 aromatic heterocycles. The van der Waals surface area contributed by atoms with Crippen molar-refractivity contribution in [2.75, 3.05) is 5.32 Å². The van der Waals surface area contributed by atoms with Gasteiger partial charge in [0.05, 0.1) is 4.92 Å². The van der Waals surface area contributed by atoms with Crippen LogP contribution in [0.2, 0.25) is 0 Å². The third kappa shape index (κ3) is 8.89. The molecule has 7 heteroatoms. The zero-order chi connectivity index (χ0) is 21.9. The molecule has 0 spiro atoms. The summed E-state index contributed by atoms with van der Waals surface area (Å²) in [6.07, 6.45) is 18.9. The predicted molar refractivity (Wildman–Crippen MR) is 128 cm³/mol. The molecule has 4 rings (SSSR count). The van der Waals surface area contributed by atoms with E-state index < -0.39 is 4.92 Å². The predicted octanol–water partition coefficient (Wildman–Crippen LogP) is 4.92.